The largest absolute Gasteiger partial charge is 0.354 e. The van der Waals surface area contributed by atoms with E-state index in [9.17, 15) is 0 Å². The van der Waals surface area contributed by atoms with Crippen LogP contribution in [0.25, 0.3) is 0 Å². The Bertz CT molecular complexity index is 390. The lowest BCUT2D eigenvalue weighted by molar-refractivity contribution is 0.374. The summed E-state index contributed by atoms with van der Waals surface area (Å²) >= 11 is 0. The van der Waals surface area contributed by atoms with Gasteiger partial charge in [0.05, 0.1) is 0 Å². The van der Waals surface area contributed by atoms with Crippen LogP contribution in [0, 0.1) is 13.8 Å². The average molecular weight is 262 g/mol. The molecule has 0 saturated heterocycles. The Morgan fingerprint density at radius 1 is 1.21 bits per heavy atom. The van der Waals surface area contributed by atoms with Crippen molar-refractivity contribution in [3.05, 3.63) is 17.6 Å². The molecule has 0 aliphatic heterocycles. The van der Waals surface area contributed by atoms with Gasteiger partial charge in [-0.3, -0.25) is 0 Å². The molecule has 2 rings (SSSR count). The molecular formula is C15H26N4. The van der Waals surface area contributed by atoms with E-state index in [-0.39, 0.29) is 0 Å². The average Bonchev–Trinajstić information content (AvgIpc) is 2.36. The maximum atomic E-state index is 6.01. The normalized spacial score (nSPS) is 23.4. The Balaban J connectivity index is 2.19. The van der Waals surface area contributed by atoms with Crippen molar-refractivity contribution < 1.29 is 0 Å². The second-order valence-corrected chi connectivity index (χ2v) is 5.68. The highest BCUT2D eigenvalue weighted by Gasteiger charge is 2.25. The van der Waals surface area contributed by atoms with E-state index in [1.807, 2.05) is 13.8 Å². The van der Waals surface area contributed by atoms with Gasteiger partial charge in [-0.15, -0.1) is 0 Å². The molecule has 0 unspecified atom stereocenters. The maximum Gasteiger partial charge on any atom is 0.132 e. The molecule has 2 N–H and O–H groups in total. The molecule has 4 nitrogen and oxygen atoms in total. The predicted octanol–water partition coefficient (Wildman–Crippen LogP) is 2.58. The number of aryl methyl sites for hydroxylation is 2. The molecule has 1 heterocycles. The summed E-state index contributed by atoms with van der Waals surface area (Å²) in [5.41, 5.74) is 7.07. The summed E-state index contributed by atoms with van der Waals surface area (Å²) in [6.07, 6.45) is 5.78. The molecule has 0 spiro atoms. The molecule has 0 atom stereocenters. The van der Waals surface area contributed by atoms with Crippen LogP contribution in [-0.2, 0) is 0 Å². The minimum atomic E-state index is 0.397. The fourth-order valence-electron chi connectivity index (χ4n) is 2.98. The molecular weight excluding hydrogens is 236 g/mol. The lowest BCUT2D eigenvalue weighted by Gasteiger charge is -2.37. The molecule has 1 fully saturated rings. The molecule has 0 radical (unpaired) electrons. The second kappa shape index (κ2) is 6.33. The molecule has 1 aliphatic carbocycles. The fourth-order valence-corrected chi connectivity index (χ4v) is 2.98. The summed E-state index contributed by atoms with van der Waals surface area (Å²) in [4.78, 5) is 11.5. The van der Waals surface area contributed by atoms with E-state index in [0.29, 0.717) is 12.1 Å². The zero-order valence-corrected chi connectivity index (χ0v) is 12.4. The zero-order chi connectivity index (χ0) is 13.8. The molecule has 106 valence electrons. The van der Waals surface area contributed by atoms with Crippen molar-refractivity contribution in [2.24, 2.45) is 5.73 Å². The summed E-state index contributed by atoms with van der Waals surface area (Å²) in [5.74, 6) is 1.95. The first kappa shape index (κ1) is 14.3. The van der Waals surface area contributed by atoms with Crippen molar-refractivity contribution >= 4 is 5.82 Å². The van der Waals surface area contributed by atoms with Crippen LogP contribution in [0.1, 0.15) is 50.5 Å². The zero-order valence-electron chi connectivity index (χ0n) is 12.4. The Hall–Kier alpha value is -1.16. The molecule has 1 aromatic heterocycles. The summed E-state index contributed by atoms with van der Waals surface area (Å²) in [7, 11) is 0. The molecule has 4 heteroatoms. The maximum absolute atomic E-state index is 6.01. The molecule has 1 aromatic rings. The summed E-state index contributed by atoms with van der Waals surface area (Å²) in [5, 5.41) is 0. The van der Waals surface area contributed by atoms with Gasteiger partial charge in [0, 0.05) is 30.4 Å². The number of nitrogens with zero attached hydrogens (tertiary/aromatic N) is 3. The molecule has 19 heavy (non-hydrogen) atoms. The molecule has 0 bridgehead atoms. The Labute approximate surface area is 116 Å². The lowest BCUT2D eigenvalue weighted by atomic mass is 9.90. The van der Waals surface area contributed by atoms with E-state index in [2.05, 4.69) is 27.9 Å². The van der Waals surface area contributed by atoms with Gasteiger partial charge >= 0.3 is 0 Å². The van der Waals surface area contributed by atoms with Gasteiger partial charge in [-0.05, 0) is 46.0 Å². The monoisotopic (exact) mass is 262 g/mol. The van der Waals surface area contributed by atoms with Crippen LogP contribution in [-0.4, -0.2) is 28.6 Å². The number of rotatable bonds is 4. The van der Waals surface area contributed by atoms with Crippen molar-refractivity contribution in [1.82, 2.24) is 9.97 Å². The van der Waals surface area contributed by atoms with Gasteiger partial charge in [0.15, 0.2) is 0 Å². The highest BCUT2D eigenvalue weighted by molar-refractivity contribution is 5.41. The van der Waals surface area contributed by atoms with Crippen LogP contribution < -0.4 is 10.6 Å². The Kier molecular flexibility index (Phi) is 4.75. The van der Waals surface area contributed by atoms with Crippen molar-refractivity contribution in [1.29, 1.82) is 0 Å². The van der Waals surface area contributed by atoms with Gasteiger partial charge in [0.25, 0.3) is 0 Å². The Morgan fingerprint density at radius 3 is 2.47 bits per heavy atom. The SMILES string of the molecule is CCCN(c1cc(C)nc(C)n1)C1CCC(N)CC1. The second-order valence-electron chi connectivity index (χ2n) is 5.68. The van der Waals surface area contributed by atoms with E-state index < -0.39 is 0 Å². The van der Waals surface area contributed by atoms with Crippen LogP contribution in [0.3, 0.4) is 0 Å². The fraction of sp³-hybridized carbons (Fsp3) is 0.733. The predicted molar refractivity (Wildman–Crippen MR) is 79.4 cm³/mol. The van der Waals surface area contributed by atoms with Gasteiger partial charge in [-0.1, -0.05) is 6.92 Å². The van der Waals surface area contributed by atoms with Crippen LogP contribution in [0.2, 0.25) is 0 Å². The van der Waals surface area contributed by atoms with Crippen LogP contribution in [0.5, 0.6) is 0 Å². The van der Waals surface area contributed by atoms with Crippen molar-refractivity contribution in [2.45, 2.75) is 65.0 Å². The number of aromatic nitrogens is 2. The summed E-state index contributed by atoms with van der Waals surface area (Å²) in [6.45, 7) is 7.30. The third-order valence-electron chi connectivity index (χ3n) is 3.89. The first-order valence-corrected chi connectivity index (χ1v) is 7.44. The van der Waals surface area contributed by atoms with Gasteiger partial charge in [-0.2, -0.15) is 0 Å². The van der Waals surface area contributed by atoms with Gasteiger partial charge in [0.1, 0.15) is 11.6 Å². The topological polar surface area (TPSA) is 55.0 Å². The van der Waals surface area contributed by atoms with Gasteiger partial charge in [0.2, 0.25) is 0 Å². The van der Waals surface area contributed by atoms with E-state index in [4.69, 9.17) is 5.73 Å². The minimum absolute atomic E-state index is 0.397. The third-order valence-corrected chi connectivity index (χ3v) is 3.89. The quantitative estimate of drug-likeness (QED) is 0.906. The van der Waals surface area contributed by atoms with E-state index in [0.717, 1.165) is 43.1 Å². The first-order chi connectivity index (χ1) is 9.10. The number of nitrogens with two attached hydrogens (primary N) is 1. The third kappa shape index (κ3) is 3.66. The molecule has 1 aliphatic rings. The highest BCUT2D eigenvalue weighted by Crippen LogP contribution is 2.26. The minimum Gasteiger partial charge on any atom is -0.354 e. The molecule has 0 aromatic carbocycles. The summed E-state index contributed by atoms with van der Waals surface area (Å²) < 4.78 is 0. The van der Waals surface area contributed by atoms with Crippen LogP contribution in [0.15, 0.2) is 6.07 Å². The number of hydrogen-bond donors (Lipinski definition) is 1. The lowest BCUT2D eigenvalue weighted by Crippen LogP contribution is -2.42. The van der Waals surface area contributed by atoms with E-state index in [1.165, 1.54) is 12.8 Å². The van der Waals surface area contributed by atoms with E-state index in [1.54, 1.807) is 0 Å². The molecule has 0 amide bonds. The number of hydrogen-bond acceptors (Lipinski definition) is 4. The van der Waals surface area contributed by atoms with E-state index >= 15 is 0 Å². The van der Waals surface area contributed by atoms with Crippen molar-refractivity contribution in [3.8, 4) is 0 Å². The molecule has 1 saturated carbocycles. The standard InChI is InChI=1S/C15H26N4/c1-4-9-19(14-7-5-13(16)6-8-14)15-10-11(2)17-12(3)18-15/h10,13-14H,4-9,16H2,1-3H3. The van der Waals surface area contributed by atoms with Crippen molar-refractivity contribution in [2.75, 3.05) is 11.4 Å². The van der Waals surface area contributed by atoms with Gasteiger partial charge < -0.3 is 10.6 Å². The number of anilines is 1. The Morgan fingerprint density at radius 2 is 1.89 bits per heavy atom. The van der Waals surface area contributed by atoms with Gasteiger partial charge in [-0.25, -0.2) is 9.97 Å². The first-order valence-electron chi connectivity index (χ1n) is 7.44. The van der Waals surface area contributed by atoms with Crippen LogP contribution >= 0.6 is 0 Å². The van der Waals surface area contributed by atoms with Crippen molar-refractivity contribution in [3.63, 3.8) is 0 Å². The summed E-state index contributed by atoms with van der Waals surface area (Å²) in [6, 6.07) is 3.10. The smallest absolute Gasteiger partial charge is 0.132 e. The van der Waals surface area contributed by atoms with Crippen LogP contribution in [0.4, 0.5) is 5.82 Å². The highest BCUT2D eigenvalue weighted by atomic mass is 15.2.